The first kappa shape index (κ1) is 8.34. The van der Waals surface area contributed by atoms with Crippen LogP contribution >= 0.6 is 12.6 Å². The van der Waals surface area contributed by atoms with Gasteiger partial charge >= 0.3 is 0 Å². The van der Waals surface area contributed by atoms with Gasteiger partial charge in [-0.25, -0.2) is 0 Å². The molecule has 0 saturated carbocycles. The summed E-state index contributed by atoms with van der Waals surface area (Å²) in [6.45, 7) is 3.94. The highest BCUT2D eigenvalue weighted by atomic mass is 32.1. The van der Waals surface area contributed by atoms with Crippen LogP contribution in [0, 0.1) is 6.92 Å². The molecule has 0 aliphatic heterocycles. The zero-order valence-corrected chi connectivity index (χ0v) is 7.60. The number of nitrogens with zero attached hydrogens (tertiary/aromatic N) is 1. The summed E-state index contributed by atoms with van der Waals surface area (Å²) >= 11 is 4.27. The molecule has 0 unspecified atom stereocenters. The lowest BCUT2D eigenvalue weighted by Gasteiger charge is -1.98. The van der Waals surface area contributed by atoms with E-state index in [1.165, 1.54) is 5.56 Å². The Hall–Kier alpha value is -0.760. The SMILES string of the molecule is CC=Nc1cc(C)ccc1S. The molecule has 0 N–H and O–H groups in total. The van der Waals surface area contributed by atoms with E-state index in [4.69, 9.17) is 0 Å². The molecule has 0 heterocycles. The van der Waals surface area contributed by atoms with E-state index in [9.17, 15) is 0 Å². The summed E-state index contributed by atoms with van der Waals surface area (Å²) in [6.07, 6.45) is 1.77. The molecule has 0 amide bonds. The Labute approximate surface area is 72.6 Å². The number of aliphatic imine (C=N–C) groups is 1. The van der Waals surface area contributed by atoms with Gasteiger partial charge in [-0.1, -0.05) is 6.07 Å². The van der Waals surface area contributed by atoms with Crippen molar-refractivity contribution in [2.45, 2.75) is 18.7 Å². The van der Waals surface area contributed by atoms with E-state index in [0.717, 1.165) is 10.6 Å². The van der Waals surface area contributed by atoms with E-state index in [2.05, 4.69) is 17.6 Å². The molecule has 1 aromatic carbocycles. The molecule has 1 rings (SSSR count). The van der Waals surface area contributed by atoms with Crippen LogP contribution in [0.1, 0.15) is 12.5 Å². The average molecular weight is 165 g/mol. The van der Waals surface area contributed by atoms with Gasteiger partial charge in [0, 0.05) is 11.1 Å². The van der Waals surface area contributed by atoms with Crippen LogP contribution < -0.4 is 0 Å². The highest BCUT2D eigenvalue weighted by molar-refractivity contribution is 7.80. The fourth-order valence-corrected chi connectivity index (χ4v) is 1.07. The predicted octanol–water partition coefficient (Wildman–Crippen LogP) is 3.01. The van der Waals surface area contributed by atoms with Gasteiger partial charge in [0.15, 0.2) is 0 Å². The van der Waals surface area contributed by atoms with Crippen LogP contribution in [0.4, 0.5) is 5.69 Å². The first-order valence-corrected chi connectivity index (χ1v) is 3.97. The molecule has 11 heavy (non-hydrogen) atoms. The summed E-state index contributed by atoms with van der Waals surface area (Å²) in [4.78, 5) is 5.09. The highest BCUT2D eigenvalue weighted by Crippen LogP contribution is 2.23. The Kier molecular flexibility index (Phi) is 2.71. The molecule has 58 valence electrons. The van der Waals surface area contributed by atoms with Gasteiger partial charge in [0.1, 0.15) is 0 Å². The smallest absolute Gasteiger partial charge is 0.0761 e. The normalized spacial score (nSPS) is 10.8. The van der Waals surface area contributed by atoms with Crippen LogP contribution in [0.3, 0.4) is 0 Å². The number of aryl methyl sites for hydroxylation is 1. The largest absolute Gasteiger partial charge is 0.260 e. The van der Waals surface area contributed by atoms with E-state index in [0.29, 0.717) is 0 Å². The quantitative estimate of drug-likeness (QED) is 0.485. The third kappa shape index (κ3) is 2.09. The van der Waals surface area contributed by atoms with Crippen molar-refractivity contribution >= 4 is 24.5 Å². The lowest BCUT2D eigenvalue weighted by molar-refractivity contribution is 1.33. The van der Waals surface area contributed by atoms with Gasteiger partial charge in [-0.15, -0.1) is 12.6 Å². The third-order valence-corrected chi connectivity index (χ3v) is 1.78. The summed E-state index contributed by atoms with van der Waals surface area (Å²) < 4.78 is 0. The summed E-state index contributed by atoms with van der Waals surface area (Å²) in [5, 5.41) is 0. The monoisotopic (exact) mass is 165 g/mol. The Morgan fingerprint density at radius 2 is 2.18 bits per heavy atom. The van der Waals surface area contributed by atoms with E-state index in [1.54, 1.807) is 6.21 Å². The minimum absolute atomic E-state index is 0.925. The zero-order chi connectivity index (χ0) is 8.27. The number of thiol groups is 1. The lowest BCUT2D eigenvalue weighted by Crippen LogP contribution is -1.73. The Morgan fingerprint density at radius 1 is 1.45 bits per heavy atom. The van der Waals surface area contributed by atoms with Gasteiger partial charge in [-0.3, -0.25) is 4.99 Å². The lowest BCUT2D eigenvalue weighted by atomic mass is 10.2. The second-order valence-electron chi connectivity index (χ2n) is 2.38. The number of rotatable bonds is 1. The summed E-state index contributed by atoms with van der Waals surface area (Å²) in [5.74, 6) is 0. The Balaban J connectivity index is 3.12. The van der Waals surface area contributed by atoms with Gasteiger partial charge in [0.25, 0.3) is 0 Å². The predicted molar refractivity (Wildman–Crippen MR) is 52.3 cm³/mol. The maximum Gasteiger partial charge on any atom is 0.0761 e. The van der Waals surface area contributed by atoms with Gasteiger partial charge in [0.2, 0.25) is 0 Å². The molecule has 0 saturated heterocycles. The Bertz CT molecular complexity index is 279. The fourth-order valence-electron chi connectivity index (χ4n) is 0.876. The summed E-state index contributed by atoms with van der Waals surface area (Å²) in [5.41, 5.74) is 2.15. The van der Waals surface area contributed by atoms with Gasteiger partial charge in [-0.2, -0.15) is 0 Å². The molecule has 0 aliphatic rings. The first-order valence-electron chi connectivity index (χ1n) is 3.52. The molecule has 0 bridgehead atoms. The van der Waals surface area contributed by atoms with Crippen LogP contribution in [0.15, 0.2) is 28.1 Å². The summed E-state index contributed by atoms with van der Waals surface area (Å²) in [7, 11) is 0. The highest BCUT2D eigenvalue weighted by Gasteiger charge is 1.94. The summed E-state index contributed by atoms with van der Waals surface area (Å²) in [6, 6.07) is 6.00. The van der Waals surface area contributed by atoms with Crippen molar-refractivity contribution in [3.05, 3.63) is 23.8 Å². The number of benzene rings is 1. The zero-order valence-electron chi connectivity index (χ0n) is 6.70. The minimum Gasteiger partial charge on any atom is -0.260 e. The second kappa shape index (κ2) is 3.58. The van der Waals surface area contributed by atoms with Gasteiger partial charge in [-0.05, 0) is 31.5 Å². The number of hydrogen-bond donors (Lipinski definition) is 1. The first-order chi connectivity index (χ1) is 5.24. The second-order valence-corrected chi connectivity index (χ2v) is 2.86. The van der Waals surface area contributed by atoms with E-state index < -0.39 is 0 Å². The Morgan fingerprint density at radius 3 is 2.82 bits per heavy atom. The van der Waals surface area contributed by atoms with E-state index in [-0.39, 0.29) is 0 Å². The van der Waals surface area contributed by atoms with Gasteiger partial charge in [0.05, 0.1) is 5.69 Å². The molecule has 0 spiro atoms. The average Bonchev–Trinajstić information content (AvgIpc) is 1.98. The van der Waals surface area contributed by atoms with Crippen LogP contribution in [-0.2, 0) is 0 Å². The van der Waals surface area contributed by atoms with Crippen molar-refractivity contribution in [1.29, 1.82) is 0 Å². The standard InChI is InChI=1S/C9H11NS/c1-3-10-8-6-7(2)4-5-9(8)11/h3-6,11H,1-2H3. The third-order valence-electron chi connectivity index (χ3n) is 1.40. The molecule has 0 radical (unpaired) electrons. The van der Waals surface area contributed by atoms with Crippen molar-refractivity contribution < 1.29 is 0 Å². The molecule has 0 aromatic heterocycles. The van der Waals surface area contributed by atoms with Crippen molar-refractivity contribution in [3.8, 4) is 0 Å². The molecule has 1 aromatic rings. The molecule has 2 heteroatoms. The topological polar surface area (TPSA) is 12.4 Å². The van der Waals surface area contributed by atoms with Crippen molar-refractivity contribution in [1.82, 2.24) is 0 Å². The molecular weight excluding hydrogens is 154 g/mol. The fraction of sp³-hybridized carbons (Fsp3) is 0.222. The van der Waals surface area contributed by atoms with E-state index >= 15 is 0 Å². The molecule has 0 fully saturated rings. The minimum atomic E-state index is 0.925. The molecular formula is C9H11NS. The van der Waals surface area contributed by atoms with Crippen LogP contribution in [-0.4, -0.2) is 6.21 Å². The van der Waals surface area contributed by atoms with E-state index in [1.807, 2.05) is 32.0 Å². The molecule has 0 aliphatic carbocycles. The van der Waals surface area contributed by atoms with Crippen molar-refractivity contribution in [3.63, 3.8) is 0 Å². The molecule has 0 atom stereocenters. The van der Waals surface area contributed by atoms with Crippen LogP contribution in [0.5, 0.6) is 0 Å². The van der Waals surface area contributed by atoms with Crippen molar-refractivity contribution in [2.75, 3.05) is 0 Å². The number of hydrogen-bond acceptors (Lipinski definition) is 2. The van der Waals surface area contributed by atoms with Crippen molar-refractivity contribution in [2.24, 2.45) is 4.99 Å². The van der Waals surface area contributed by atoms with Crippen LogP contribution in [0.2, 0.25) is 0 Å². The molecule has 1 nitrogen and oxygen atoms in total. The maximum absolute atomic E-state index is 4.27. The van der Waals surface area contributed by atoms with Gasteiger partial charge < -0.3 is 0 Å². The maximum atomic E-state index is 4.27. The van der Waals surface area contributed by atoms with Crippen LogP contribution in [0.25, 0.3) is 0 Å².